The van der Waals surface area contributed by atoms with Crippen LogP contribution in [-0.4, -0.2) is 55.7 Å². The predicted molar refractivity (Wildman–Crippen MR) is 54.7 cm³/mol. The summed E-state index contributed by atoms with van der Waals surface area (Å²) in [5, 5.41) is 3.60. The van der Waals surface area contributed by atoms with E-state index in [0.717, 1.165) is 6.54 Å². The van der Waals surface area contributed by atoms with Gasteiger partial charge in [0.15, 0.2) is 0 Å². The molecule has 0 bridgehead atoms. The Morgan fingerprint density at radius 1 is 1.08 bits per heavy atom. The van der Waals surface area contributed by atoms with E-state index in [1.165, 1.54) is 45.4 Å². The van der Waals surface area contributed by atoms with Crippen LogP contribution in [0.2, 0.25) is 0 Å². The Balaban J connectivity index is 1.83. The third kappa shape index (κ3) is 2.42. The molecular formula is C10H21N3. The van der Waals surface area contributed by atoms with Crippen molar-refractivity contribution < 1.29 is 0 Å². The van der Waals surface area contributed by atoms with Gasteiger partial charge in [-0.1, -0.05) is 6.42 Å². The fourth-order valence-electron chi connectivity index (χ4n) is 2.35. The van der Waals surface area contributed by atoms with Gasteiger partial charge in [-0.2, -0.15) is 0 Å². The molecule has 0 saturated carbocycles. The number of hydrogen-bond acceptors (Lipinski definition) is 3. The highest BCUT2D eigenvalue weighted by Gasteiger charge is 2.23. The van der Waals surface area contributed by atoms with Crippen LogP contribution >= 0.6 is 0 Å². The predicted octanol–water partition coefficient (Wildman–Crippen LogP) is 0.333. The standard InChI is InChI=1S/C10H21N3/c1-12-8-5-11-10(9-12)13-6-3-2-4-7-13/h10-11H,2-9H2,1H3. The van der Waals surface area contributed by atoms with E-state index in [2.05, 4.69) is 22.2 Å². The van der Waals surface area contributed by atoms with E-state index < -0.39 is 0 Å². The number of piperidine rings is 1. The summed E-state index contributed by atoms with van der Waals surface area (Å²) in [7, 11) is 2.22. The molecule has 3 nitrogen and oxygen atoms in total. The third-order valence-corrected chi connectivity index (χ3v) is 3.19. The molecule has 2 aliphatic rings. The van der Waals surface area contributed by atoms with Crippen molar-refractivity contribution in [3.8, 4) is 0 Å². The number of rotatable bonds is 1. The Hall–Kier alpha value is -0.120. The van der Waals surface area contributed by atoms with Crippen molar-refractivity contribution in [2.45, 2.75) is 25.4 Å². The number of hydrogen-bond donors (Lipinski definition) is 1. The van der Waals surface area contributed by atoms with Gasteiger partial charge in [0, 0.05) is 19.6 Å². The maximum atomic E-state index is 3.60. The molecule has 2 saturated heterocycles. The summed E-state index contributed by atoms with van der Waals surface area (Å²) in [6.45, 7) is 6.14. The normalized spacial score (nSPS) is 33.5. The van der Waals surface area contributed by atoms with Gasteiger partial charge in [-0.15, -0.1) is 0 Å². The van der Waals surface area contributed by atoms with Crippen LogP contribution in [0.3, 0.4) is 0 Å². The molecule has 76 valence electrons. The highest BCUT2D eigenvalue weighted by Crippen LogP contribution is 2.12. The second kappa shape index (κ2) is 4.40. The maximum Gasteiger partial charge on any atom is 0.0728 e. The molecule has 3 heteroatoms. The van der Waals surface area contributed by atoms with Crippen molar-refractivity contribution in [3.63, 3.8) is 0 Å². The summed E-state index contributed by atoms with van der Waals surface area (Å²) >= 11 is 0. The lowest BCUT2D eigenvalue weighted by molar-refractivity contribution is 0.0807. The number of likely N-dealkylation sites (tertiary alicyclic amines) is 1. The van der Waals surface area contributed by atoms with Crippen LogP contribution in [0, 0.1) is 0 Å². The Morgan fingerprint density at radius 2 is 1.85 bits per heavy atom. The SMILES string of the molecule is CN1CCNC(N2CCCCC2)C1. The minimum atomic E-state index is 0.624. The Kier molecular flexibility index (Phi) is 3.19. The first-order valence-electron chi connectivity index (χ1n) is 5.52. The zero-order valence-corrected chi connectivity index (χ0v) is 8.63. The lowest BCUT2D eigenvalue weighted by Crippen LogP contribution is -2.58. The van der Waals surface area contributed by atoms with E-state index in [4.69, 9.17) is 0 Å². The summed E-state index contributed by atoms with van der Waals surface area (Å²) in [6.07, 6.45) is 4.84. The first-order valence-corrected chi connectivity index (χ1v) is 5.52. The van der Waals surface area contributed by atoms with Crippen LogP contribution in [0.5, 0.6) is 0 Å². The second-order valence-electron chi connectivity index (χ2n) is 4.33. The van der Waals surface area contributed by atoms with Gasteiger partial charge < -0.3 is 4.90 Å². The van der Waals surface area contributed by atoms with E-state index in [-0.39, 0.29) is 0 Å². The molecule has 13 heavy (non-hydrogen) atoms. The molecule has 1 unspecified atom stereocenters. The number of likely N-dealkylation sites (N-methyl/N-ethyl adjacent to an activating group) is 1. The van der Waals surface area contributed by atoms with Gasteiger partial charge in [-0.3, -0.25) is 10.2 Å². The van der Waals surface area contributed by atoms with Crippen LogP contribution in [0.4, 0.5) is 0 Å². The molecule has 0 aromatic carbocycles. The molecule has 1 atom stereocenters. The molecule has 0 aromatic heterocycles. The molecule has 2 fully saturated rings. The van der Waals surface area contributed by atoms with Crippen molar-refractivity contribution in [3.05, 3.63) is 0 Å². The third-order valence-electron chi connectivity index (χ3n) is 3.19. The molecule has 2 heterocycles. The van der Waals surface area contributed by atoms with Gasteiger partial charge in [0.2, 0.25) is 0 Å². The summed E-state index contributed by atoms with van der Waals surface area (Å²) in [6, 6.07) is 0. The van der Waals surface area contributed by atoms with Gasteiger partial charge in [-0.05, 0) is 33.0 Å². The summed E-state index contributed by atoms with van der Waals surface area (Å²) in [5.41, 5.74) is 0. The molecule has 0 aliphatic carbocycles. The fourth-order valence-corrected chi connectivity index (χ4v) is 2.35. The fraction of sp³-hybridized carbons (Fsp3) is 1.00. The first-order chi connectivity index (χ1) is 6.36. The van der Waals surface area contributed by atoms with Gasteiger partial charge in [-0.25, -0.2) is 0 Å². The largest absolute Gasteiger partial charge is 0.302 e. The summed E-state index contributed by atoms with van der Waals surface area (Å²) in [5.74, 6) is 0. The molecule has 0 radical (unpaired) electrons. The van der Waals surface area contributed by atoms with E-state index in [1.807, 2.05) is 0 Å². The number of nitrogens with zero attached hydrogens (tertiary/aromatic N) is 2. The van der Waals surface area contributed by atoms with Gasteiger partial charge in [0.05, 0.1) is 6.17 Å². The maximum absolute atomic E-state index is 3.60. The highest BCUT2D eigenvalue weighted by molar-refractivity contribution is 4.79. The van der Waals surface area contributed by atoms with Crippen molar-refractivity contribution >= 4 is 0 Å². The quantitative estimate of drug-likeness (QED) is 0.632. The number of nitrogens with one attached hydrogen (secondary N) is 1. The van der Waals surface area contributed by atoms with Crippen LogP contribution in [-0.2, 0) is 0 Å². The second-order valence-corrected chi connectivity index (χ2v) is 4.33. The van der Waals surface area contributed by atoms with Gasteiger partial charge in [0.1, 0.15) is 0 Å². The monoisotopic (exact) mass is 183 g/mol. The number of piperazine rings is 1. The molecule has 2 rings (SSSR count). The molecule has 2 aliphatic heterocycles. The Labute approximate surface area is 81.1 Å². The zero-order valence-electron chi connectivity index (χ0n) is 8.63. The van der Waals surface area contributed by atoms with Crippen LogP contribution in [0.1, 0.15) is 19.3 Å². The topological polar surface area (TPSA) is 18.5 Å². The van der Waals surface area contributed by atoms with Crippen LogP contribution in [0.15, 0.2) is 0 Å². The Morgan fingerprint density at radius 3 is 2.54 bits per heavy atom. The summed E-state index contributed by atoms with van der Waals surface area (Å²) in [4.78, 5) is 5.04. The molecule has 0 aromatic rings. The van der Waals surface area contributed by atoms with Crippen molar-refractivity contribution in [2.24, 2.45) is 0 Å². The highest BCUT2D eigenvalue weighted by atomic mass is 15.3. The van der Waals surface area contributed by atoms with Crippen LogP contribution in [0.25, 0.3) is 0 Å². The van der Waals surface area contributed by atoms with E-state index in [1.54, 1.807) is 0 Å². The van der Waals surface area contributed by atoms with Crippen molar-refractivity contribution in [1.82, 2.24) is 15.1 Å². The lowest BCUT2D eigenvalue weighted by atomic mass is 10.1. The van der Waals surface area contributed by atoms with Crippen LogP contribution < -0.4 is 5.32 Å². The molecule has 0 spiro atoms. The van der Waals surface area contributed by atoms with Crippen molar-refractivity contribution in [1.29, 1.82) is 0 Å². The average Bonchev–Trinajstić information content (AvgIpc) is 2.19. The van der Waals surface area contributed by atoms with Crippen molar-refractivity contribution in [2.75, 3.05) is 39.8 Å². The van der Waals surface area contributed by atoms with E-state index in [9.17, 15) is 0 Å². The minimum Gasteiger partial charge on any atom is -0.302 e. The summed E-state index contributed by atoms with van der Waals surface area (Å²) < 4.78 is 0. The molecule has 0 amide bonds. The van der Waals surface area contributed by atoms with E-state index in [0.29, 0.717) is 6.17 Å². The molecule has 1 N–H and O–H groups in total. The van der Waals surface area contributed by atoms with Gasteiger partial charge in [0.25, 0.3) is 0 Å². The Bertz CT molecular complexity index is 154. The average molecular weight is 183 g/mol. The minimum absolute atomic E-state index is 0.624. The first kappa shape index (κ1) is 9.44. The van der Waals surface area contributed by atoms with Gasteiger partial charge >= 0.3 is 0 Å². The molecular weight excluding hydrogens is 162 g/mol. The lowest BCUT2D eigenvalue weighted by Gasteiger charge is -2.40. The van der Waals surface area contributed by atoms with E-state index >= 15 is 0 Å². The zero-order chi connectivity index (χ0) is 9.10. The smallest absolute Gasteiger partial charge is 0.0728 e.